The van der Waals surface area contributed by atoms with Crippen LogP contribution >= 0.6 is 11.6 Å². The number of hydrogen-bond donors (Lipinski definition) is 1. The second kappa shape index (κ2) is 4.20. The molecule has 1 spiro atoms. The van der Waals surface area contributed by atoms with E-state index in [4.69, 9.17) is 21.1 Å². The van der Waals surface area contributed by atoms with Crippen molar-refractivity contribution in [2.45, 2.75) is 25.7 Å². The molecular formula is C17H17ClO3. The summed E-state index contributed by atoms with van der Waals surface area (Å²) in [5.41, 5.74) is 1.65. The molecule has 1 aliphatic carbocycles. The fourth-order valence-corrected chi connectivity index (χ4v) is 3.49. The van der Waals surface area contributed by atoms with Crippen LogP contribution in [0.25, 0.3) is 10.8 Å². The number of rotatable bonds is 0. The van der Waals surface area contributed by atoms with Crippen molar-refractivity contribution in [3.8, 4) is 0 Å². The molecule has 2 aliphatic rings. The summed E-state index contributed by atoms with van der Waals surface area (Å²) >= 11 is 6.29. The first-order chi connectivity index (χ1) is 9.95. The van der Waals surface area contributed by atoms with Crippen LogP contribution in [-0.2, 0) is 15.3 Å². The van der Waals surface area contributed by atoms with Crippen molar-refractivity contribution in [3.05, 3.63) is 46.5 Å². The van der Waals surface area contributed by atoms with Crippen LogP contribution in [0.3, 0.4) is 0 Å². The number of hydrogen-bond acceptors (Lipinski definition) is 3. The van der Waals surface area contributed by atoms with Gasteiger partial charge in [-0.15, -0.1) is 0 Å². The molecule has 1 saturated heterocycles. The van der Waals surface area contributed by atoms with Crippen molar-refractivity contribution in [2.24, 2.45) is 5.41 Å². The maximum atomic E-state index is 10.8. The monoisotopic (exact) mass is 304 g/mol. The second-order valence-corrected chi connectivity index (χ2v) is 7.08. The van der Waals surface area contributed by atoms with Gasteiger partial charge in [-0.05, 0) is 17.0 Å². The van der Waals surface area contributed by atoms with Crippen LogP contribution in [0.4, 0.5) is 0 Å². The van der Waals surface area contributed by atoms with Gasteiger partial charge in [-0.25, -0.2) is 0 Å². The molecule has 0 amide bonds. The minimum Gasteiger partial charge on any atom is -0.382 e. The fraction of sp³-hybridized carbons (Fsp3) is 0.412. The van der Waals surface area contributed by atoms with Gasteiger partial charge < -0.3 is 14.6 Å². The zero-order valence-corrected chi connectivity index (χ0v) is 12.8. The van der Waals surface area contributed by atoms with Crippen molar-refractivity contribution in [1.29, 1.82) is 0 Å². The highest BCUT2D eigenvalue weighted by atomic mass is 35.5. The average Bonchev–Trinajstić information content (AvgIpc) is 2.70. The number of aliphatic hydroxyl groups is 1. The summed E-state index contributed by atoms with van der Waals surface area (Å²) in [6.07, 6.45) is -0.828. The average molecular weight is 305 g/mol. The lowest BCUT2D eigenvalue weighted by Gasteiger charge is -2.43. The van der Waals surface area contributed by atoms with Gasteiger partial charge in [0.15, 0.2) is 0 Å². The molecule has 1 atom stereocenters. The van der Waals surface area contributed by atoms with E-state index >= 15 is 0 Å². The van der Waals surface area contributed by atoms with Crippen molar-refractivity contribution in [1.82, 2.24) is 0 Å². The first-order valence-electron chi connectivity index (χ1n) is 7.12. The van der Waals surface area contributed by atoms with E-state index in [1.165, 1.54) is 0 Å². The highest BCUT2D eigenvalue weighted by Gasteiger charge is 2.53. The van der Waals surface area contributed by atoms with E-state index in [0.717, 1.165) is 21.9 Å². The lowest BCUT2D eigenvalue weighted by atomic mass is 9.93. The summed E-state index contributed by atoms with van der Waals surface area (Å²) in [7, 11) is 0. The summed E-state index contributed by atoms with van der Waals surface area (Å²) in [4.78, 5) is 0. The Kier molecular flexibility index (Phi) is 2.71. The third-order valence-corrected chi connectivity index (χ3v) is 4.73. The molecular weight excluding hydrogens is 288 g/mol. The van der Waals surface area contributed by atoms with Gasteiger partial charge in [0, 0.05) is 21.4 Å². The Labute approximate surface area is 128 Å². The molecule has 1 N–H and O–H groups in total. The Balaban J connectivity index is 1.94. The van der Waals surface area contributed by atoms with Gasteiger partial charge in [-0.1, -0.05) is 49.7 Å². The smallest absolute Gasteiger partial charge is 0.226 e. The summed E-state index contributed by atoms with van der Waals surface area (Å²) < 4.78 is 12.1. The molecule has 0 saturated carbocycles. The second-order valence-electron chi connectivity index (χ2n) is 6.68. The number of halogens is 1. The Hall–Kier alpha value is -1.13. The van der Waals surface area contributed by atoms with Crippen LogP contribution in [0.5, 0.6) is 0 Å². The fourth-order valence-electron chi connectivity index (χ4n) is 3.27. The van der Waals surface area contributed by atoms with Gasteiger partial charge in [0.05, 0.1) is 13.2 Å². The van der Waals surface area contributed by atoms with Crippen LogP contribution in [0.15, 0.2) is 30.3 Å². The van der Waals surface area contributed by atoms with Crippen LogP contribution in [-0.4, -0.2) is 18.3 Å². The largest absolute Gasteiger partial charge is 0.382 e. The Morgan fingerprint density at radius 2 is 1.86 bits per heavy atom. The van der Waals surface area contributed by atoms with Crippen LogP contribution in [0.2, 0.25) is 5.02 Å². The van der Waals surface area contributed by atoms with Crippen molar-refractivity contribution < 1.29 is 14.6 Å². The van der Waals surface area contributed by atoms with Gasteiger partial charge in [0.1, 0.15) is 6.10 Å². The van der Waals surface area contributed by atoms with Gasteiger partial charge in [-0.3, -0.25) is 0 Å². The van der Waals surface area contributed by atoms with Gasteiger partial charge >= 0.3 is 0 Å². The zero-order chi connectivity index (χ0) is 14.8. The van der Waals surface area contributed by atoms with E-state index in [2.05, 4.69) is 13.8 Å². The highest BCUT2D eigenvalue weighted by Crippen LogP contribution is 2.54. The lowest BCUT2D eigenvalue weighted by molar-refractivity contribution is -0.342. The maximum absolute atomic E-state index is 10.8. The number of benzene rings is 2. The van der Waals surface area contributed by atoms with E-state index in [1.54, 1.807) is 0 Å². The topological polar surface area (TPSA) is 38.7 Å². The molecule has 1 heterocycles. The molecule has 110 valence electrons. The molecule has 1 aliphatic heterocycles. The summed E-state index contributed by atoms with van der Waals surface area (Å²) in [6, 6.07) is 9.53. The number of ether oxygens (including phenoxy) is 2. The zero-order valence-electron chi connectivity index (χ0n) is 12.0. The highest BCUT2D eigenvalue weighted by molar-refractivity contribution is 6.35. The molecule has 1 fully saturated rings. The molecule has 0 bridgehead atoms. The van der Waals surface area contributed by atoms with E-state index < -0.39 is 11.9 Å². The molecule has 21 heavy (non-hydrogen) atoms. The van der Waals surface area contributed by atoms with Crippen molar-refractivity contribution >= 4 is 22.4 Å². The van der Waals surface area contributed by atoms with Gasteiger partial charge in [0.25, 0.3) is 0 Å². The standard InChI is InChI=1S/C17H17ClO3/c1-16(2)8-20-17(21-9-16)12-5-3-4-10-13(18)7-6-11(14(10)12)15(17)19/h3-7,15,19H,8-9H2,1-2H3. The predicted molar refractivity (Wildman–Crippen MR) is 81.3 cm³/mol. The van der Waals surface area contributed by atoms with Crippen molar-refractivity contribution in [3.63, 3.8) is 0 Å². The first kappa shape index (κ1) is 13.5. The molecule has 4 rings (SSSR count). The maximum Gasteiger partial charge on any atom is 0.226 e. The normalized spacial score (nSPS) is 25.6. The lowest BCUT2D eigenvalue weighted by Crippen LogP contribution is -2.47. The summed E-state index contributed by atoms with van der Waals surface area (Å²) in [5.74, 6) is -1.10. The van der Waals surface area contributed by atoms with Crippen molar-refractivity contribution in [2.75, 3.05) is 13.2 Å². The van der Waals surface area contributed by atoms with E-state index in [9.17, 15) is 5.11 Å². The summed E-state index contributed by atoms with van der Waals surface area (Å²) in [6.45, 7) is 5.27. The SMILES string of the molecule is CC1(C)COC2(OC1)c1cccc3c(Cl)ccc(c13)C2O. The Morgan fingerprint density at radius 1 is 1.14 bits per heavy atom. The van der Waals surface area contributed by atoms with E-state index in [-0.39, 0.29) is 5.41 Å². The Morgan fingerprint density at radius 3 is 2.57 bits per heavy atom. The predicted octanol–water partition coefficient (Wildman–Crippen LogP) is 3.77. The molecule has 0 radical (unpaired) electrons. The third-order valence-electron chi connectivity index (χ3n) is 4.40. The van der Waals surface area contributed by atoms with Crippen LogP contribution in [0.1, 0.15) is 31.1 Å². The Bertz CT molecular complexity index is 728. The number of aliphatic hydroxyl groups excluding tert-OH is 1. The third kappa shape index (κ3) is 1.72. The molecule has 4 heteroatoms. The van der Waals surface area contributed by atoms with Gasteiger partial charge in [-0.2, -0.15) is 0 Å². The molecule has 1 unspecified atom stereocenters. The molecule has 2 aromatic carbocycles. The first-order valence-corrected chi connectivity index (χ1v) is 7.50. The number of fused-ring (bicyclic) bond motifs is 1. The summed E-state index contributed by atoms with van der Waals surface area (Å²) in [5, 5.41) is 13.4. The molecule has 2 aromatic rings. The van der Waals surface area contributed by atoms with Crippen LogP contribution in [0, 0.1) is 5.41 Å². The van der Waals surface area contributed by atoms with Gasteiger partial charge in [0.2, 0.25) is 5.79 Å². The van der Waals surface area contributed by atoms with E-state index in [0.29, 0.717) is 18.2 Å². The molecule has 0 aromatic heterocycles. The quantitative estimate of drug-likeness (QED) is 0.805. The minimum atomic E-state index is -1.10. The van der Waals surface area contributed by atoms with E-state index in [1.807, 2.05) is 30.3 Å². The minimum absolute atomic E-state index is 0.0503. The van der Waals surface area contributed by atoms with Crippen LogP contribution < -0.4 is 0 Å². The molecule has 3 nitrogen and oxygen atoms in total.